The summed E-state index contributed by atoms with van der Waals surface area (Å²) >= 11 is 0. The molecule has 0 saturated carbocycles. The van der Waals surface area contributed by atoms with Crippen molar-refractivity contribution in [1.82, 2.24) is 0 Å². The van der Waals surface area contributed by atoms with E-state index < -0.39 is 74.7 Å². The summed E-state index contributed by atoms with van der Waals surface area (Å²) in [7, 11) is 0. The molecular formula is C12H21FO10. The van der Waals surface area contributed by atoms with Crippen LogP contribution in [-0.2, 0) is 14.2 Å². The second kappa shape index (κ2) is 7.61. The van der Waals surface area contributed by atoms with E-state index in [1.54, 1.807) is 0 Å². The monoisotopic (exact) mass is 344 g/mol. The molecule has 0 aromatic rings. The Kier molecular flexibility index (Phi) is 6.24. The Morgan fingerprint density at radius 3 is 1.91 bits per heavy atom. The van der Waals surface area contributed by atoms with Gasteiger partial charge < -0.3 is 50.0 Å². The van der Waals surface area contributed by atoms with Crippen molar-refractivity contribution in [2.24, 2.45) is 0 Å². The van der Waals surface area contributed by atoms with Crippen LogP contribution in [0.1, 0.15) is 0 Å². The average Bonchev–Trinajstić information content (AvgIpc) is 2.55. The molecule has 2 rings (SSSR count). The third kappa shape index (κ3) is 3.64. The summed E-state index contributed by atoms with van der Waals surface area (Å²) < 4.78 is 28.3. The second-order valence-electron chi connectivity index (χ2n) is 5.49. The zero-order chi connectivity index (χ0) is 17.3. The number of hydrogen-bond donors (Lipinski definition) is 7. The number of rotatable bonds is 4. The second-order valence-corrected chi connectivity index (χ2v) is 5.49. The highest BCUT2D eigenvalue weighted by Gasteiger charge is 2.50. The summed E-state index contributed by atoms with van der Waals surface area (Å²) in [5, 5.41) is 66.8. The molecule has 2 fully saturated rings. The number of alkyl halides is 1. The van der Waals surface area contributed by atoms with Crippen LogP contribution in [0.25, 0.3) is 0 Å². The van der Waals surface area contributed by atoms with Gasteiger partial charge in [-0.05, 0) is 0 Å². The van der Waals surface area contributed by atoms with Crippen molar-refractivity contribution in [3.63, 3.8) is 0 Å². The fourth-order valence-electron chi connectivity index (χ4n) is 2.54. The van der Waals surface area contributed by atoms with Crippen LogP contribution in [-0.4, -0.2) is 110 Å². The molecule has 0 amide bonds. The van der Waals surface area contributed by atoms with E-state index in [1.165, 1.54) is 0 Å². The number of ether oxygens (including phenoxy) is 3. The van der Waals surface area contributed by atoms with E-state index in [-0.39, 0.29) is 0 Å². The van der Waals surface area contributed by atoms with Crippen LogP contribution >= 0.6 is 0 Å². The molecule has 0 aromatic heterocycles. The molecule has 0 aliphatic carbocycles. The van der Waals surface area contributed by atoms with Crippen molar-refractivity contribution in [3.05, 3.63) is 0 Å². The third-order valence-corrected chi connectivity index (χ3v) is 3.95. The van der Waals surface area contributed by atoms with E-state index in [9.17, 15) is 35.0 Å². The SMILES string of the molecule is OC[C@H]1O[C@H](O[C@H]2[C@H](O)[C@@H](O)[C@H](F)O[C@@H]2CO)[C@H](O)[C@@H](O)[C@@H]1O. The predicted molar refractivity (Wildman–Crippen MR) is 67.5 cm³/mol. The Morgan fingerprint density at radius 1 is 0.739 bits per heavy atom. The number of halogens is 1. The van der Waals surface area contributed by atoms with E-state index in [0.29, 0.717) is 0 Å². The van der Waals surface area contributed by atoms with Gasteiger partial charge in [0, 0.05) is 0 Å². The third-order valence-electron chi connectivity index (χ3n) is 3.95. The smallest absolute Gasteiger partial charge is 0.228 e. The van der Waals surface area contributed by atoms with Gasteiger partial charge in [0.05, 0.1) is 13.2 Å². The van der Waals surface area contributed by atoms with Crippen LogP contribution in [0.3, 0.4) is 0 Å². The van der Waals surface area contributed by atoms with Crippen molar-refractivity contribution >= 4 is 0 Å². The topological polar surface area (TPSA) is 169 Å². The summed E-state index contributed by atoms with van der Waals surface area (Å²) in [6, 6.07) is 0. The first kappa shape index (κ1) is 18.9. The van der Waals surface area contributed by atoms with Gasteiger partial charge in [-0.2, -0.15) is 0 Å². The Labute approximate surface area is 130 Å². The summed E-state index contributed by atoms with van der Waals surface area (Å²) in [6.45, 7) is -1.45. The largest absolute Gasteiger partial charge is 0.394 e. The molecule has 2 aliphatic heterocycles. The molecule has 10 nitrogen and oxygen atoms in total. The Morgan fingerprint density at radius 2 is 1.35 bits per heavy atom. The quantitative estimate of drug-likeness (QED) is 0.264. The minimum absolute atomic E-state index is 0.687. The molecule has 136 valence electrons. The van der Waals surface area contributed by atoms with Crippen molar-refractivity contribution in [1.29, 1.82) is 0 Å². The van der Waals surface area contributed by atoms with E-state index in [4.69, 9.17) is 14.6 Å². The molecule has 10 atom stereocenters. The summed E-state index contributed by atoms with van der Waals surface area (Å²) in [5.74, 6) is 0. The Bertz CT molecular complexity index is 383. The van der Waals surface area contributed by atoms with Crippen LogP contribution in [0.4, 0.5) is 4.39 Å². The van der Waals surface area contributed by atoms with Gasteiger partial charge in [-0.15, -0.1) is 0 Å². The minimum atomic E-state index is -2.24. The molecule has 2 saturated heterocycles. The van der Waals surface area contributed by atoms with Crippen molar-refractivity contribution < 1.29 is 54.3 Å². The Balaban J connectivity index is 2.11. The minimum Gasteiger partial charge on any atom is -0.394 e. The van der Waals surface area contributed by atoms with Gasteiger partial charge in [-0.3, -0.25) is 0 Å². The van der Waals surface area contributed by atoms with Crippen molar-refractivity contribution in [3.8, 4) is 0 Å². The number of aliphatic hydroxyl groups excluding tert-OH is 7. The molecule has 23 heavy (non-hydrogen) atoms. The lowest BCUT2D eigenvalue weighted by Gasteiger charge is -2.44. The van der Waals surface area contributed by atoms with Crippen LogP contribution in [0.15, 0.2) is 0 Å². The highest BCUT2D eigenvalue weighted by Crippen LogP contribution is 2.29. The zero-order valence-electron chi connectivity index (χ0n) is 11.9. The van der Waals surface area contributed by atoms with Crippen molar-refractivity contribution in [2.45, 2.75) is 61.5 Å². The molecule has 0 radical (unpaired) electrons. The van der Waals surface area contributed by atoms with Gasteiger partial charge in [0.15, 0.2) is 6.29 Å². The standard InChI is InChI=1S/C12H21FO10/c13-11-8(19)7(18)10(4(2-15)21-11)23-12-9(20)6(17)5(16)3(1-14)22-12/h3-12,14-20H,1-2H2/t3-,4-,5-,6+,7-,8-,9-,10-,11-,12-/m1/s1. The Hall–Kier alpha value is -0.470. The number of aliphatic hydroxyl groups is 7. The fraction of sp³-hybridized carbons (Fsp3) is 1.00. The van der Waals surface area contributed by atoms with E-state index in [1.807, 2.05) is 0 Å². The molecule has 0 spiro atoms. The molecule has 0 unspecified atom stereocenters. The van der Waals surface area contributed by atoms with Crippen molar-refractivity contribution in [2.75, 3.05) is 13.2 Å². The normalized spacial score (nSPS) is 51.7. The summed E-state index contributed by atoms with van der Waals surface area (Å²) in [4.78, 5) is 0. The van der Waals surface area contributed by atoms with Gasteiger partial charge in [-0.25, -0.2) is 4.39 Å². The van der Waals surface area contributed by atoms with Gasteiger partial charge in [0.25, 0.3) is 0 Å². The molecular weight excluding hydrogens is 323 g/mol. The van der Waals surface area contributed by atoms with Crippen LogP contribution in [0.2, 0.25) is 0 Å². The lowest BCUT2D eigenvalue weighted by Crippen LogP contribution is -2.64. The van der Waals surface area contributed by atoms with Crippen LogP contribution in [0, 0.1) is 0 Å². The molecule has 2 aliphatic rings. The van der Waals surface area contributed by atoms with Gasteiger partial charge >= 0.3 is 0 Å². The molecule has 0 aromatic carbocycles. The first-order valence-corrected chi connectivity index (χ1v) is 7.04. The maximum atomic E-state index is 13.3. The van der Waals surface area contributed by atoms with Crippen LogP contribution < -0.4 is 0 Å². The summed E-state index contributed by atoms with van der Waals surface area (Å²) in [5.41, 5.74) is 0. The lowest BCUT2D eigenvalue weighted by atomic mass is 9.97. The highest BCUT2D eigenvalue weighted by molar-refractivity contribution is 4.93. The van der Waals surface area contributed by atoms with Gasteiger partial charge in [0.2, 0.25) is 6.36 Å². The van der Waals surface area contributed by atoms with Gasteiger partial charge in [-0.1, -0.05) is 0 Å². The summed E-state index contributed by atoms with van der Waals surface area (Å²) in [6.07, 6.45) is -16.8. The molecule has 7 N–H and O–H groups in total. The maximum absolute atomic E-state index is 13.3. The van der Waals surface area contributed by atoms with E-state index >= 15 is 0 Å². The fourth-order valence-corrected chi connectivity index (χ4v) is 2.54. The first-order valence-electron chi connectivity index (χ1n) is 7.04. The highest BCUT2D eigenvalue weighted by atomic mass is 19.1. The maximum Gasteiger partial charge on any atom is 0.228 e. The van der Waals surface area contributed by atoms with E-state index in [2.05, 4.69) is 4.74 Å². The zero-order valence-corrected chi connectivity index (χ0v) is 11.9. The molecule has 11 heteroatoms. The van der Waals surface area contributed by atoms with Gasteiger partial charge in [0.1, 0.15) is 48.8 Å². The molecule has 0 bridgehead atoms. The predicted octanol–water partition coefficient (Wildman–Crippen LogP) is -4.42. The number of hydrogen-bond acceptors (Lipinski definition) is 10. The molecule has 2 heterocycles. The average molecular weight is 344 g/mol. The first-order chi connectivity index (χ1) is 10.8. The van der Waals surface area contributed by atoms with E-state index in [0.717, 1.165) is 0 Å². The lowest BCUT2D eigenvalue weighted by molar-refractivity contribution is -0.349. The van der Waals surface area contributed by atoms with Crippen LogP contribution in [0.5, 0.6) is 0 Å².